The Morgan fingerprint density at radius 2 is 1.70 bits per heavy atom. The topological polar surface area (TPSA) is 35.2 Å². The lowest BCUT2D eigenvalue weighted by Crippen LogP contribution is -2.34. The van der Waals surface area contributed by atoms with Crippen molar-refractivity contribution in [1.29, 1.82) is 0 Å². The van der Waals surface area contributed by atoms with Gasteiger partial charge in [-0.25, -0.2) is 0 Å². The third-order valence-electron chi connectivity index (χ3n) is 3.73. The van der Waals surface area contributed by atoms with Gasteiger partial charge in [-0.3, -0.25) is 0 Å². The van der Waals surface area contributed by atoms with Crippen LogP contribution >= 0.6 is 0 Å². The van der Waals surface area contributed by atoms with E-state index in [1.165, 1.54) is 5.56 Å². The number of aryl methyl sites for hydroxylation is 1. The van der Waals surface area contributed by atoms with Crippen molar-refractivity contribution in [3.63, 3.8) is 0 Å². The largest absolute Gasteiger partial charge is 0.497 e. The molecular weight excluding hydrogens is 246 g/mol. The van der Waals surface area contributed by atoms with Gasteiger partial charge in [-0.2, -0.15) is 0 Å². The lowest BCUT2D eigenvalue weighted by atomic mass is 9.84. The first-order chi connectivity index (χ1) is 9.57. The molecule has 0 aliphatic carbocycles. The maximum Gasteiger partial charge on any atom is 0.119 e. The Labute approximate surface area is 121 Å². The van der Waals surface area contributed by atoms with Gasteiger partial charge < -0.3 is 10.5 Å². The third kappa shape index (κ3) is 3.02. The van der Waals surface area contributed by atoms with Crippen molar-refractivity contribution in [2.75, 3.05) is 7.11 Å². The summed E-state index contributed by atoms with van der Waals surface area (Å²) in [5.74, 6) is 0.837. The van der Waals surface area contributed by atoms with Crippen LogP contribution in [0, 0.1) is 0 Å². The Bertz CT molecular complexity index is 575. The monoisotopic (exact) mass is 269 g/mol. The summed E-state index contributed by atoms with van der Waals surface area (Å²) in [5, 5.41) is 0. The lowest BCUT2D eigenvalue weighted by molar-refractivity contribution is 0.413. The number of benzene rings is 2. The minimum absolute atomic E-state index is 0.516. The number of hydrogen-bond acceptors (Lipinski definition) is 2. The summed E-state index contributed by atoms with van der Waals surface area (Å²) in [6, 6.07) is 16.5. The van der Waals surface area contributed by atoms with Gasteiger partial charge in [-0.1, -0.05) is 49.7 Å². The molecule has 0 aliphatic rings. The Morgan fingerprint density at radius 1 is 1.05 bits per heavy atom. The summed E-state index contributed by atoms with van der Waals surface area (Å²) in [5.41, 5.74) is 9.61. The summed E-state index contributed by atoms with van der Waals surface area (Å²) in [4.78, 5) is 0. The first-order valence-corrected chi connectivity index (χ1v) is 7.10. The van der Waals surface area contributed by atoms with Gasteiger partial charge in [-0.05, 0) is 42.2 Å². The van der Waals surface area contributed by atoms with E-state index < -0.39 is 5.54 Å². The molecule has 1 unspecified atom stereocenters. The van der Waals surface area contributed by atoms with Gasteiger partial charge in [0.1, 0.15) is 5.75 Å². The summed E-state index contributed by atoms with van der Waals surface area (Å²) in [7, 11) is 1.68. The third-order valence-corrected chi connectivity index (χ3v) is 3.73. The molecular formula is C18H23NO. The Hall–Kier alpha value is -1.80. The van der Waals surface area contributed by atoms with Gasteiger partial charge in [0.2, 0.25) is 0 Å². The van der Waals surface area contributed by atoms with Crippen LogP contribution in [0.3, 0.4) is 0 Å². The van der Waals surface area contributed by atoms with Crippen LogP contribution in [0.2, 0.25) is 0 Å². The van der Waals surface area contributed by atoms with E-state index in [1.54, 1.807) is 7.11 Å². The first kappa shape index (κ1) is 14.6. The molecule has 2 heteroatoms. The molecule has 0 amide bonds. The second-order valence-corrected chi connectivity index (χ2v) is 5.38. The molecule has 0 radical (unpaired) electrons. The SMILES string of the molecule is CCCc1cccc(C(C)(N)c2cccc(OC)c2)c1. The zero-order valence-corrected chi connectivity index (χ0v) is 12.5. The quantitative estimate of drug-likeness (QED) is 0.894. The predicted molar refractivity (Wildman–Crippen MR) is 84.1 cm³/mol. The molecule has 2 aromatic carbocycles. The fraction of sp³-hybridized carbons (Fsp3) is 0.333. The number of nitrogens with two attached hydrogens (primary N) is 1. The molecule has 106 valence electrons. The van der Waals surface area contributed by atoms with E-state index >= 15 is 0 Å². The van der Waals surface area contributed by atoms with E-state index in [0.717, 1.165) is 29.7 Å². The molecule has 1 atom stereocenters. The second kappa shape index (κ2) is 6.10. The van der Waals surface area contributed by atoms with Gasteiger partial charge >= 0.3 is 0 Å². The van der Waals surface area contributed by atoms with Crippen LogP contribution in [0.4, 0.5) is 0 Å². The number of rotatable bonds is 5. The van der Waals surface area contributed by atoms with E-state index in [-0.39, 0.29) is 0 Å². The van der Waals surface area contributed by atoms with Gasteiger partial charge in [0.05, 0.1) is 12.6 Å². The molecule has 0 spiro atoms. The molecule has 20 heavy (non-hydrogen) atoms. The molecule has 0 aromatic heterocycles. The molecule has 0 saturated carbocycles. The number of hydrogen-bond donors (Lipinski definition) is 1. The standard InChI is InChI=1S/C18H23NO/c1-4-7-14-8-5-9-15(12-14)18(2,19)16-10-6-11-17(13-16)20-3/h5-6,8-13H,4,7,19H2,1-3H3. The summed E-state index contributed by atoms with van der Waals surface area (Å²) in [6.45, 7) is 4.24. The van der Waals surface area contributed by atoms with Crippen LogP contribution in [0.15, 0.2) is 48.5 Å². The molecule has 0 fully saturated rings. The van der Waals surface area contributed by atoms with Crippen molar-refractivity contribution in [3.8, 4) is 5.75 Å². The van der Waals surface area contributed by atoms with Gasteiger partial charge in [0.25, 0.3) is 0 Å². The maximum atomic E-state index is 6.59. The average molecular weight is 269 g/mol. The molecule has 2 aromatic rings. The van der Waals surface area contributed by atoms with Crippen LogP contribution in [0.5, 0.6) is 5.75 Å². The van der Waals surface area contributed by atoms with Gasteiger partial charge in [0, 0.05) is 0 Å². The normalized spacial score (nSPS) is 13.8. The maximum absolute atomic E-state index is 6.59. The summed E-state index contributed by atoms with van der Waals surface area (Å²) in [6.07, 6.45) is 2.23. The van der Waals surface area contributed by atoms with E-state index in [9.17, 15) is 0 Å². The molecule has 0 heterocycles. The van der Waals surface area contributed by atoms with Crippen LogP contribution < -0.4 is 10.5 Å². The Kier molecular flexibility index (Phi) is 4.46. The van der Waals surface area contributed by atoms with E-state index in [0.29, 0.717) is 0 Å². The minimum Gasteiger partial charge on any atom is -0.497 e. The molecule has 2 rings (SSSR count). The van der Waals surface area contributed by atoms with E-state index in [4.69, 9.17) is 10.5 Å². The molecule has 2 N–H and O–H groups in total. The summed E-state index contributed by atoms with van der Waals surface area (Å²) >= 11 is 0. The van der Waals surface area contributed by atoms with Crippen LogP contribution in [-0.2, 0) is 12.0 Å². The second-order valence-electron chi connectivity index (χ2n) is 5.38. The predicted octanol–water partition coefficient (Wildman–Crippen LogP) is 3.87. The Morgan fingerprint density at radius 3 is 2.35 bits per heavy atom. The van der Waals surface area contributed by atoms with E-state index in [2.05, 4.69) is 37.3 Å². The molecule has 2 nitrogen and oxygen atoms in total. The smallest absolute Gasteiger partial charge is 0.119 e. The van der Waals surface area contributed by atoms with Crippen molar-refractivity contribution in [3.05, 3.63) is 65.2 Å². The molecule has 0 bridgehead atoms. The summed E-state index contributed by atoms with van der Waals surface area (Å²) < 4.78 is 5.29. The van der Waals surface area contributed by atoms with Crippen LogP contribution in [0.1, 0.15) is 37.0 Å². The van der Waals surface area contributed by atoms with E-state index in [1.807, 2.05) is 25.1 Å². The van der Waals surface area contributed by atoms with Crippen molar-refractivity contribution in [1.82, 2.24) is 0 Å². The van der Waals surface area contributed by atoms with Crippen molar-refractivity contribution in [2.45, 2.75) is 32.2 Å². The highest BCUT2D eigenvalue weighted by Gasteiger charge is 2.24. The molecule has 0 saturated heterocycles. The highest BCUT2D eigenvalue weighted by atomic mass is 16.5. The van der Waals surface area contributed by atoms with Crippen molar-refractivity contribution in [2.24, 2.45) is 5.73 Å². The number of methoxy groups -OCH3 is 1. The zero-order valence-electron chi connectivity index (χ0n) is 12.5. The Balaban J connectivity index is 2.40. The fourth-order valence-electron chi connectivity index (χ4n) is 2.45. The van der Waals surface area contributed by atoms with Gasteiger partial charge in [-0.15, -0.1) is 0 Å². The van der Waals surface area contributed by atoms with Crippen molar-refractivity contribution >= 4 is 0 Å². The average Bonchev–Trinajstić information content (AvgIpc) is 2.48. The molecule has 0 aliphatic heterocycles. The van der Waals surface area contributed by atoms with Crippen LogP contribution in [0.25, 0.3) is 0 Å². The fourth-order valence-corrected chi connectivity index (χ4v) is 2.45. The number of ether oxygens (including phenoxy) is 1. The van der Waals surface area contributed by atoms with Crippen molar-refractivity contribution < 1.29 is 4.74 Å². The minimum atomic E-state index is -0.516. The highest BCUT2D eigenvalue weighted by Crippen LogP contribution is 2.29. The van der Waals surface area contributed by atoms with Crippen LogP contribution in [-0.4, -0.2) is 7.11 Å². The van der Waals surface area contributed by atoms with Gasteiger partial charge in [0.15, 0.2) is 0 Å². The first-order valence-electron chi connectivity index (χ1n) is 7.10. The lowest BCUT2D eigenvalue weighted by Gasteiger charge is -2.27. The highest BCUT2D eigenvalue weighted by molar-refractivity contribution is 5.41. The zero-order chi connectivity index (χ0) is 14.6.